The molecule has 1 aromatic heterocycles. The van der Waals surface area contributed by atoms with E-state index >= 15 is 0 Å². The van der Waals surface area contributed by atoms with Gasteiger partial charge in [0.2, 0.25) is 0 Å². The average Bonchev–Trinajstić information content (AvgIpc) is 2.31. The van der Waals surface area contributed by atoms with Crippen LogP contribution in [0.4, 0.5) is 4.39 Å². The Morgan fingerprint density at radius 2 is 1.82 bits per heavy atom. The van der Waals surface area contributed by atoms with Crippen LogP contribution in [0.5, 0.6) is 0 Å². The van der Waals surface area contributed by atoms with E-state index in [1.54, 1.807) is 18.3 Å². The van der Waals surface area contributed by atoms with E-state index in [0.29, 0.717) is 5.56 Å². The second-order valence-electron chi connectivity index (χ2n) is 3.43. The molecule has 0 fully saturated rings. The Morgan fingerprint density at radius 1 is 1.12 bits per heavy atom. The molecule has 4 heteroatoms. The lowest BCUT2D eigenvalue weighted by atomic mass is 10.1. The third-order valence-electron chi connectivity index (χ3n) is 2.23. The number of aromatic nitrogens is 1. The minimum absolute atomic E-state index is 0. The highest BCUT2D eigenvalue weighted by atomic mass is 79.9. The van der Waals surface area contributed by atoms with Gasteiger partial charge in [-0.1, -0.05) is 6.07 Å². The summed E-state index contributed by atoms with van der Waals surface area (Å²) in [6, 6.07) is 11.0. The maximum Gasteiger partial charge on any atom is 0.168 e. The number of rotatable bonds is 3. The van der Waals surface area contributed by atoms with E-state index in [-0.39, 0.29) is 35.0 Å². The van der Waals surface area contributed by atoms with Crippen molar-refractivity contribution in [2.75, 3.05) is 0 Å². The van der Waals surface area contributed by atoms with Crippen molar-refractivity contribution in [2.45, 2.75) is 6.42 Å². The van der Waals surface area contributed by atoms with Gasteiger partial charge in [0.25, 0.3) is 0 Å². The largest absolute Gasteiger partial charge is 0.294 e. The monoisotopic (exact) mass is 295 g/mol. The maximum atomic E-state index is 12.7. The molecule has 0 N–H and O–H groups in total. The van der Waals surface area contributed by atoms with E-state index in [2.05, 4.69) is 4.98 Å². The molecule has 0 spiro atoms. The topological polar surface area (TPSA) is 30.0 Å². The molecule has 2 nitrogen and oxygen atoms in total. The normalized spacial score (nSPS) is 9.47. The number of pyridine rings is 1. The van der Waals surface area contributed by atoms with E-state index in [0.717, 1.165) is 5.69 Å². The molecule has 2 aromatic rings. The summed E-state index contributed by atoms with van der Waals surface area (Å²) >= 11 is 0. The average molecular weight is 296 g/mol. The fourth-order valence-corrected chi connectivity index (χ4v) is 1.41. The third kappa shape index (κ3) is 3.75. The highest BCUT2D eigenvalue weighted by Gasteiger charge is 2.07. The lowest BCUT2D eigenvalue weighted by Gasteiger charge is -2.00. The molecule has 0 bridgehead atoms. The summed E-state index contributed by atoms with van der Waals surface area (Å²) in [5.41, 5.74) is 1.23. The van der Waals surface area contributed by atoms with Crippen molar-refractivity contribution < 1.29 is 9.18 Å². The fourth-order valence-electron chi connectivity index (χ4n) is 1.41. The van der Waals surface area contributed by atoms with Crippen molar-refractivity contribution in [2.24, 2.45) is 0 Å². The Labute approximate surface area is 109 Å². The third-order valence-corrected chi connectivity index (χ3v) is 2.23. The molecule has 0 aliphatic heterocycles. The first-order valence-electron chi connectivity index (χ1n) is 4.94. The van der Waals surface area contributed by atoms with Crippen LogP contribution in [-0.4, -0.2) is 10.8 Å². The summed E-state index contributed by atoms with van der Waals surface area (Å²) in [7, 11) is 0. The molecule has 0 radical (unpaired) electrons. The first-order chi connectivity index (χ1) is 7.75. The second-order valence-corrected chi connectivity index (χ2v) is 3.43. The first kappa shape index (κ1) is 13.5. The van der Waals surface area contributed by atoms with Crippen molar-refractivity contribution in [1.82, 2.24) is 4.98 Å². The zero-order chi connectivity index (χ0) is 11.4. The predicted molar refractivity (Wildman–Crippen MR) is 69.0 cm³/mol. The van der Waals surface area contributed by atoms with Gasteiger partial charge in [0.05, 0.1) is 6.42 Å². The van der Waals surface area contributed by atoms with E-state index in [1.807, 2.05) is 6.07 Å². The Kier molecular flexibility index (Phi) is 4.97. The van der Waals surface area contributed by atoms with Crippen LogP contribution < -0.4 is 0 Å². The number of hydrogen-bond acceptors (Lipinski definition) is 2. The summed E-state index contributed by atoms with van der Waals surface area (Å²) < 4.78 is 12.7. The van der Waals surface area contributed by atoms with E-state index < -0.39 is 0 Å². The van der Waals surface area contributed by atoms with Gasteiger partial charge < -0.3 is 0 Å². The lowest BCUT2D eigenvalue weighted by molar-refractivity contribution is 0.0992. The molecule has 0 atom stereocenters. The van der Waals surface area contributed by atoms with Gasteiger partial charge in [-0.05, 0) is 36.4 Å². The van der Waals surface area contributed by atoms with Crippen molar-refractivity contribution in [1.29, 1.82) is 0 Å². The first-order valence-corrected chi connectivity index (χ1v) is 4.94. The number of ketones is 1. The Hall–Kier alpha value is -1.55. The molecule has 2 rings (SSSR count). The number of carbonyl (C=O) groups is 1. The number of benzene rings is 1. The highest BCUT2D eigenvalue weighted by Crippen LogP contribution is 2.07. The molecule has 0 amide bonds. The van der Waals surface area contributed by atoms with Gasteiger partial charge in [0.1, 0.15) is 5.82 Å². The van der Waals surface area contributed by atoms with E-state index in [4.69, 9.17) is 0 Å². The molecule has 0 aliphatic rings. The molecule has 17 heavy (non-hydrogen) atoms. The Bertz CT molecular complexity index is 485. The number of halogens is 2. The van der Waals surface area contributed by atoms with Crippen LogP contribution in [-0.2, 0) is 6.42 Å². The molecule has 0 unspecified atom stereocenters. The molecule has 1 heterocycles. The predicted octanol–water partition coefficient (Wildman–Crippen LogP) is 3.22. The minimum Gasteiger partial charge on any atom is -0.294 e. The summed E-state index contributed by atoms with van der Waals surface area (Å²) in [6.45, 7) is 0. The smallest absolute Gasteiger partial charge is 0.168 e. The molecule has 88 valence electrons. The van der Waals surface area contributed by atoms with Crippen LogP contribution in [0.3, 0.4) is 0 Å². The van der Waals surface area contributed by atoms with Gasteiger partial charge in [-0.25, -0.2) is 4.39 Å². The molecule has 0 saturated carbocycles. The van der Waals surface area contributed by atoms with Gasteiger partial charge in [-0.15, -0.1) is 17.0 Å². The van der Waals surface area contributed by atoms with Gasteiger partial charge in [0.15, 0.2) is 5.78 Å². The minimum atomic E-state index is -0.339. The highest BCUT2D eigenvalue weighted by molar-refractivity contribution is 8.93. The van der Waals surface area contributed by atoms with Gasteiger partial charge in [-0.3, -0.25) is 9.78 Å². The van der Waals surface area contributed by atoms with Crippen LogP contribution in [0.2, 0.25) is 0 Å². The van der Waals surface area contributed by atoms with E-state index in [1.165, 1.54) is 24.3 Å². The summed E-state index contributed by atoms with van der Waals surface area (Å²) in [5, 5.41) is 0. The SMILES string of the molecule is Br.O=C(Cc1ccccn1)c1ccc(F)cc1. The molecule has 0 aliphatic carbocycles. The van der Waals surface area contributed by atoms with E-state index in [9.17, 15) is 9.18 Å². The number of Topliss-reactive ketones (excluding diaryl/α,β-unsaturated/α-hetero) is 1. The van der Waals surface area contributed by atoms with Crippen molar-refractivity contribution in [3.05, 3.63) is 65.7 Å². The van der Waals surface area contributed by atoms with Crippen LogP contribution in [0.25, 0.3) is 0 Å². The fraction of sp³-hybridized carbons (Fsp3) is 0.0769. The Morgan fingerprint density at radius 3 is 2.41 bits per heavy atom. The summed E-state index contributed by atoms with van der Waals surface area (Å²) in [5.74, 6) is -0.395. The number of carbonyl (C=O) groups excluding carboxylic acids is 1. The lowest BCUT2D eigenvalue weighted by Crippen LogP contribution is -2.04. The van der Waals surface area contributed by atoms with Crippen LogP contribution in [0.1, 0.15) is 16.1 Å². The summed E-state index contributed by atoms with van der Waals surface area (Å²) in [4.78, 5) is 15.8. The van der Waals surface area contributed by atoms with Crippen molar-refractivity contribution >= 4 is 22.8 Å². The van der Waals surface area contributed by atoms with Gasteiger partial charge in [0, 0.05) is 17.5 Å². The quantitative estimate of drug-likeness (QED) is 0.814. The van der Waals surface area contributed by atoms with Gasteiger partial charge in [-0.2, -0.15) is 0 Å². The number of nitrogens with zero attached hydrogens (tertiary/aromatic N) is 1. The van der Waals surface area contributed by atoms with Crippen molar-refractivity contribution in [3.63, 3.8) is 0 Å². The molecule has 1 aromatic carbocycles. The zero-order valence-electron chi connectivity index (χ0n) is 8.97. The van der Waals surface area contributed by atoms with Crippen LogP contribution in [0, 0.1) is 5.82 Å². The van der Waals surface area contributed by atoms with Crippen LogP contribution >= 0.6 is 17.0 Å². The van der Waals surface area contributed by atoms with Gasteiger partial charge >= 0.3 is 0 Å². The zero-order valence-corrected chi connectivity index (χ0v) is 10.7. The Balaban J connectivity index is 0.00000144. The molecular weight excluding hydrogens is 285 g/mol. The number of hydrogen-bond donors (Lipinski definition) is 0. The maximum absolute atomic E-state index is 12.7. The standard InChI is InChI=1S/C13H10FNO.BrH/c14-11-6-4-10(5-7-11)13(16)9-12-3-1-2-8-15-12;/h1-8H,9H2;1H. The van der Waals surface area contributed by atoms with Crippen LogP contribution in [0.15, 0.2) is 48.7 Å². The van der Waals surface area contributed by atoms with Crippen molar-refractivity contribution in [3.8, 4) is 0 Å². The second kappa shape index (κ2) is 6.25. The summed E-state index contributed by atoms with van der Waals surface area (Å²) in [6.07, 6.45) is 1.89. The molecular formula is C13H11BrFNO. The molecule has 0 saturated heterocycles.